The Morgan fingerprint density at radius 3 is 0.573 bits per heavy atom. The Morgan fingerprint density at radius 2 is 0.388 bits per heavy atom. The number of rotatable bonds is 85. The smallest absolute Gasteiger partial charge is 0.462 e. The van der Waals surface area contributed by atoms with Crippen molar-refractivity contribution < 1.29 is 80.2 Å². The van der Waals surface area contributed by atoms with Gasteiger partial charge < -0.3 is 33.8 Å². The first-order valence-electron chi connectivity index (χ1n) is 43.8. The first kappa shape index (κ1) is 101. The number of ether oxygens (including phenoxy) is 4. The lowest BCUT2D eigenvalue weighted by Gasteiger charge is -2.21. The summed E-state index contributed by atoms with van der Waals surface area (Å²) in [5.41, 5.74) is 0. The van der Waals surface area contributed by atoms with E-state index >= 15 is 0 Å². The van der Waals surface area contributed by atoms with Crippen LogP contribution in [0.25, 0.3) is 0 Å². The zero-order valence-corrected chi connectivity index (χ0v) is 69.1. The van der Waals surface area contributed by atoms with Crippen LogP contribution in [0.15, 0.2) is 0 Å². The quantitative estimate of drug-likeness (QED) is 0.0222. The molecule has 0 heterocycles. The summed E-state index contributed by atoms with van der Waals surface area (Å²) in [5.74, 6) is -2.10. The predicted molar refractivity (Wildman–Crippen MR) is 423 cm³/mol. The van der Waals surface area contributed by atoms with Gasteiger partial charge in [-0.25, -0.2) is 9.13 Å². The third kappa shape index (κ3) is 78.0. The summed E-state index contributed by atoms with van der Waals surface area (Å²) in [5, 5.41) is 10.7. The molecule has 0 aromatic rings. The molecule has 2 unspecified atom stereocenters. The van der Waals surface area contributed by atoms with Gasteiger partial charge in [-0.3, -0.25) is 37.3 Å². The lowest BCUT2D eigenvalue weighted by Crippen LogP contribution is -2.30. The molecule has 0 spiro atoms. The average Bonchev–Trinajstić information content (AvgIpc) is 0.937. The third-order valence-corrected chi connectivity index (χ3v) is 21.8. The molecule has 5 atom stereocenters. The van der Waals surface area contributed by atoms with E-state index in [0.29, 0.717) is 25.7 Å². The number of hydrogen-bond acceptors (Lipinski definition) is 15. The van der Waals surface area contributed by atoms with Gasteiger partial charge in [-0.2, -0.15) is 0 Å². The maximum absolute atomic E-state index is 13.1. The van der Waals surface area contributed by atoms with Gasteiger partial charge in [0.2, 0.25) is 0 Å². The van der Waals surface area contributed by atoms with E-state index < -0.39 is 97.5 Å². The monoisotopic (exact) mass is 1510 g/mol. The molecule has 19 heteroatoms. The van der Waals surface area contributed by atoms with Crippen molar-refractivity contribution in [2.45, 2.75) is 476 Å². The number of esters is 4. The van der Waals surface area contributed by atoms with Crippen molar-refractivity contribution in [2.75, 3.05) is 39.6 Å². The predicted octanol–water partition coefficient (Wildman–Crippen LogP) is 25.7. The number of phosphoric ester groups is 2. The Labute approximate surface area is 632 Å². The normalized spacial score (nSPS) is 13.7. The fourth-order valence-corrected chi connectivity index (χ4v) is 14.7. The van der Waals surface area contributed by atoms with Crippen LogP contribution in [-0.4, -0.2) is 96.7 Å². The molecule has 0 aliphatic rings. The fourth-order valence-electron chi connectivity index (χ4n) is 13.2. The summed E-state index contributed by atoms with van der Waals surface area (Å²) in [4.78, 5) is 73.1. The molecule has 0 radical (unpaired) electrons. The van der Waals surface area contributed by atoms with Gasteiger partial charge in [-0.05, 0) is 25.7 Å². The number of carbonyl (C=O) groups is 4. The number of phosphoric acid groups is 2. The lowest BCUT2D eigenvalue weighted by atomic mass is 10.0. The van der Waals surface area contributed by atoms with Gasteiger partial charge in [-0.1, -0.05) is 407 Å². The molecule has 0 amide bonds. The zero-order valence-electron chi connectivity index (χ0n) is 67.3. The second-order valence-corrected chi connectivity index (χ2v) is 33.1. The molecule has 612 valence electrons. The number of aliphatic hydroxyl groups is 1. The molecule has 103 heavy (non-hydrogen) atoms. The van der Waals surface area contributed by atoms with Crippen LogP contribution >= 0.6 is 15.6 Å². The van der Waals surface area contributed by atoms with E-state index in [1.165, 1.54) is 289 Å². The van der Waals surface area contributed by atoms with Crippen LogP contribution in [0.2, 0.25) is 0 Å². The van der Waals surface area contributed by atoms with Crippen LogP contribution < -0.4 is 0 Å². The number of carbonyl (C=O) groups excluding carboxylic acids is 4. The summed E-state index contributed by atoms with van der Waals surface area (Å²) in [6, 6.07) is 0. The lowest BCUT2D eigenvalue weighted by molar-refractivity contribution is -0.161. The van der Waals surface area contributed by atoms with Crippen LogP contribution in [0.1, 0.15) is 458 Å². The van der Waals surface area contributed by atoms with Crippen molar-refractivity contribution in [1.29, 1.82) is 0 Å². The van der Waals surface area contributed by atoms with Gasteiger partial charge in [0.05, 0.1) is 26.4 Å². The first-order chi connectivity index (χ1) is 50.2. The van der Waals surface area contributed by atoms with Crippen LogP contribution in [0, 0.1) is 0 Å². The van der Waals surface area contributed by atoms with E-state index in [9.17, 15) is 43.2 Å². The maximum atomic E-state index is 13.1. The second kappa shape index (κ2) is 78.2. The van der Waals surface area contributed by atoms with Gasteiger partial charge in [0.1, 0.15) is 19.3 Å². The summed E-state index contributed by atoms with van der Waals surface area (Å²) in [6.07, 6.45) is 72.2. The van der Waals surface area contributed by atoms with Gasteiger partial charge >= 0.3 is 39.5 Å². The SMILES string of the molecule is CCCCCCCCCCCCCCCCCCCCCC(=O)OC[C@H](COP(=O)(O)OC[C@@H](O)COP(=O)(O)OC[C@@H](COC(=O)CCCCCCCCCCC)OC(=O)CCCCCCCCCCCCCCCCCC)OC(=O)CCCCCCCCCCCCCCCCCCCCC. The molecule has 0 saturated carbocycles. The van der Waals surface area contributed by atoms with Crippen molar-refractivity contribution >= 4 is 39.5 Å². The van der Waals surface area contributed by atoms with Crippen LogP contribution in [0.5, 0.6) is 0 Å². The first-order valence-corrected chi connectivity index (χ1v) is 46.8. The zero-order chi connectivity index (χ0) is 75.3. The highest BCUT2D eigenvalue weighted by Gasteiger charge is 2.30. The largest absolute Gasteiger partial charge is 0.472 e. The van der Waals surface area contributed by atoms with Gasteiger partial charge in [0, 0.05) is 25.7 Å². The molecule has 17 nitrogen and oxygen atoms in total. The second-order valence-electron chi connectivity index (χ2n) is 30.2. The van der Waals surface area contributed by atoms with Crippen molar-refractivity contribution in [3.8, 4) is 0 Å². The van der Waals surface area contributed by atoms with E-state index in [0.717, 1.165) is 89.9 Å². The molecule has 0 bridgehead atoms. The Balaban J connectivity index is 5.21. The van der Waals surface area contributed by atoms with E-state index in [1.807, 2.05) is 0 Å². The Hall–Kier alpha value is -1.94. The molecule has 3 N–H and O–H groups in total. The molecule has 0 fully saturated rings. The van der Waals surface area contributed by atoms with E-state index in [4.69, 9.17) is 37.0 Å². The highest BCUT2D eigenvalue weighted by molar-refractivity contribution is 7.47. The Kier molecular flexibility index (Phi) is 76.7. The third-order valence-electron chi connectivity index (χ3n) is 19.9. The van der Waals surface area contributed by atoms with Crippen molar-refractivity contribution in [3.63, 3.8) is 0 Å². The minimum absolute atomic E-state index is 0.109. The minimum atomic E-state index is -4.96. The fraction of sp³-hybridized carbons (Fsp3) is 0.952. The van der Waals surface area contributed by atoms with Crippen LogP contribution in [0.4, 0.5) is 0 Å². The van der Waals surface area contributed by atoms with Crippen LogP contribution in [0.3, 0.4) is 0 Å². The summed E-state index contributed by atoms with van der Waals surface area (Å²) < 4.78 is 68.8. The maximum Gasteiger partial charge on any atom is 0.472 e. The highest BCUT2D eigenvalue weighted by atomic mass is 31.2. The van der Waals surface area contributed by atoms with Gasteiger partial charge in [0.25, 0.3) is 0 Å². The van der Waals surface area contributed by atoms with Gasteiger partial charge in [-0.15, -0.1) is 0 Å². The van der Waals surface area contributed by atoms with Crippen LogP contribution in [-0.2, 0) is 65.4 Å². The molecule has 0 aliphatic carbocycles. The van der Waals surface area contributed by atoms with Crippen molar-refractivity contribution in [3.05, 3.63) is 0 Å². The van der Waals surface area contributed by atoms with Crippen molar-refractivity contribution in [1.82, 2.24) is 0 Å². The van der Waals surface area contributed by atoms with E-state index in [2.05, 4.69) is 27.7 Å². The molecular weight excluding hydrogens is 1340 g/mol. The summed E-state index contributed by atoms with van der Waals surface area (Å²) >= 11 is 0. The van der Waals surface area contributed by atoms with Gasteiger partial charge in [0.15, 0.2) is 12.2 Å². The molecule has 0 aromatic carbocycles. The molecule has 0 saturated heterocycles. The minimum Gasteiger partial charge on any atom is -0.462 e. The Morgan fingerprint density at radius 1 is 0.233 bits per heavy atom. The standard InChI is InChI=1S/C84H164O17P2/c1-5-9-13-17-21-25-28-31-34-37-39-41-44-46-49-53-57-61-65-69-82(87)95-75-80(101-84(89)71-67-63-59-55-51-48-45-42-40-38-35-32-29-26-22-18-14-10-6-2)77-99-103(92,93)97-73-78(85)72-96-102(90,91)98-76-79(74-94-81(86)68-64-60-56-52-24-20-16-12-8-4)100-83(88)70-66-62-58-54-50-47-43-36-33-30-27-23-19-15-11-7-3/h78-80,85H,5-77H2,1-4H3,(H,90,91)(H,92,93)/t78-,79+,80+/m0/s1. The highest BCUT2D eigenvalue weighted by Crippen LogP contribution is 2.45. The number of aliphatic hydroxyl groups excluding tert-OH is 1. The number of hydrogen-bond donors (Lipinski definition) is 3. The summed E-state index contributed by atoms with van der Waals surface area (Å²) in [7, 11) is -9.92. The summed E-state index contributed by atoms with van der Waals surface area (Å²) in [6.45, 7) is 5.03. The Bertz CT molecular complexity index is 1950. The molecule has 0 rings (SSSR count). The van der Waals surface area contributed by atoms with E-state index in [1.54, 1.807) is 0 Å². The van der Waals surface area contributed by atoms with Crippen molar-refractivity contribution in [2.24, 2.45) is 0 Å². The molecule has 0 aromatic heterocycles. The van der Waals surface area contributed by atoms with E-state index in [-0.39, 0.29) is 25.7 Å². The molecular formula is C84H164O17P2. The average molecular weight is 1510 g/mol. The topological polar surface area (TPSA) is 237 Å². The number of unbranched alkanes of at least 4 members (excludes halogenated alkanes) is 59. The molecule has 0 aliphatic heterocycles.